The lowest BCUT2D eigenvalue weighted by atomic mass is 10.1. The minimum atomic E-state index is -0.736. The van der Waals surface area contributed by atoms with E-state index in [4.69, 9.17) is 14.7 Å². The standard InChI is InChI=1S/C16H17N3O4S/c1-22-8-13-16(21)19(9-23-13)10-4-5-11-14(7-10)24-15(18-11)12(20)3-2-6-17/h5,7,9,12-13,20H,2-4,8H2,1H3/t12-,13-/m1/s1. The number of carbonyl (C=O) groups is 1. The summed E-state index contributed by atoms with van der Waals surface area (Å²) in [5.74, 6) is -0.154. The predicted molar refractivity (Wildman–Crippen MR) is 85.9 cm³/mol. The van der Waals surface area contributed by atoms with Crippen molar-refractivity contribution in [1.29, 1.82) is 5.26 Å². The number of aliphatic hydroxyl groups is 1. The van der Waals surface area contributed by atoms with E-state index in [2.05, 4.69) is 4.98 Å². The summed E-state index contributed by atoms with van der Waals surface area (Å²) in [5, 5.41) is 19.3. The van der Waals surface area contributed by atoms with Crippen molar-refractivity contribution in [2.45, 2.75) is 31.5 Å². The van der Waals surface area contributed by atoms with Gasteiger partial charge in [0.1, 0.15) is 22.4 Å². The van der Waals surface area contributed by atoms with E-state index >= 15 is 0 Å². The van der Waals surface area contributed by atoms with Crippen molar-refractivity contribution in [3.63, 3.8) is 0 Å². The van der Waals surface area contributed by atoms with Crippen molar-refractivity contribution in [1.82, 2.24) is 4.98 Å². The zero-order valence-electron chi connectivity index (χ0n) is 13.1. The Morgan fingerprint density at radius 3 is 3.29 bits per heavy atom. The highest BCUT2D eigenvalue weighted by atomic mass is 32.1. The number of hydrogen-bond donors (Lipinski definition) is 1. The molecular weight excluding hydrogens is 330 g/mol. The first-order valence-corrected chi connectivity index (χ1v) is 8.36. The largest absolute Gasteiger partial charge is 0.637 e. The maximum Gasteiger partial charge on any atom is 0.438 e. The van der Waals surface area contributed by atoms with Gasteiger partial charge in [-0.2, -0.15) is 5.26 Å². The van der Waals surface area contributed by atoms with Crippen LogP contribution in [0.2, 0.25) is 0 Å². The first-order chi connectivity index (χ1) is 11.6. The minimum absolute atomic E-state index is 0.154. The lowest BCUT2D eigenvalue weighted by molar-refractivity contribution is -0.392. The molecule has 0 bridgehead atoms. The van der Waals surface area contributed by atoms with E-state index in [1.54, 1.807) is 0 Å². The maximum atomic E-state index is 12.3. The Bertz CT molecular complexity index is 747. The van der Waals surface area contributed by atoms with E-state index in [1.807, 2.05) is 18.6 Å². The molecule has 24 heavy (non-hydrogen) atoms. The zero-order chi connectivity index (χ0) is 17.1. The van der Waals surface area contributed by atoms with E-state index < -0.39 is 12.2 Å². The molecule has 0 unspecified atom stereocenters. The molecule has 2 aliphatic rings. The number of thiazole rings is 1. The third-order valence-electron chi connectivity index (χ3n) is 3.79. The van der Waals surface area contributed by atoms with Crippen molar-refractivity contribution >= 4 is 29.7 Å². The smallest absolute Gasteiger partial charge is 0.438 e. The van der Waals surface area contributed by atoms with Crippen molar-refractivity contribution in [2.75, 3.05) is 13.7 Å². The van der Waals surface area contributed by atoms with Gasteiger partial charge < -0.3 is 19.6 Å². The number of amides is 1. The van der Waals surface area contributed by atoms with Crippen molar-refractivity contribution < 1.29 is 24.0 Å². The van der Waals surface area contributed by atoms with Crippen LogP contribution in [-0.4, -0.2) is 41.8 Å². The van der Waals surface area contributed by atoms with E-state index in [0.717, 1.165) is 16.3 Å². The van der Waals surface area contributed by atoms with Gasteiger partial charge in [0.25, 0.3) is 6.10 Å². The quantitative estimate of drug-likeness (QED) is 0.472. The molecule has 0 spiro atoms. The average molecular weight is 347 g/mol. The molecule has 0 saturated carbocycles. The molecule has 0 radical (unpaired) electrons. The minimum Gasteiger partial charge on any atom is -0.637 e. The molecule has 7 nitrogen and oxygen atoms in total. The van der Waals surface area contributed by atoms with Gasteiger partial charge >= 0.3 is 12.3 Å². The Labute approximate surface area is 143 Å². The van der Waals surface area contributed by atoms with Gasteiger partial charge in [-0.3, -0.25) is 0 Å². The van der Waals surface area contributed by atoms with Gasteiger partial charge in [-0.1, -0.05) is 0 Å². The van der Waals surface area contributed by atoms with E-state index in [-0.39, 0.29) is 18.9 Å². The summed E-state index contributed by atoms with van der Waals surface area (Å²) in [7, 11) is 1.52. The maximum absolute atomic E-state index is 12.3. The zero-order valence-corrected chi connectivity index (χ0v) is 14.0. The SMILES string of the molecule is COC[C@H]1OC=[N+](C2=Cc3[s+]c([C@H](O)CCC#N)[n-]c3[CH-]C2)C1=O. The highest BCUT2D eigenvalue weighted by Crippen LogP contribution is 2.33. The first kappa shape index (κ1) is 16.6. The summed E-state index contributed by atoms with van der Waals surface area (Å²) in [4.78, 5) is 17.6. The van der Waals surface area contributed by atoms with Gasteiger partial charge in [0.2, 0.25) is 0 Å². The predicted octanol–water partition coefficient (Wildman–Crippen LogP) is 1.23. The third kappa shape index (κ3) is 3.19. The second-order valence-corrected chi connectivity index (χ2v) is 6.51. The second kappa shape index (κ2) is 7.13. The van der Waals surface area contributed by atoms with Gasteiger partial charge in [-0.25, -0.2) is 16.9 Å². The molecule has 0 aromatic carbocycles. The van der Waals surface area contributed by atoms with Crippen LogP contribution in [0.4, 0.5) is 0 Å². The molecule has 126 valence electrons. The Morgan fingerprint density at radius 2 is 2.54 bits per heavy atom. The summed E-state index contributed by atoms with van der Waals surface area (Å²) in [6.07, 6.45) is 5.08. The van der Waals surface area contributed by atoms with Gasteiger partial charge in [-0.15, -0.1) is 4.58 Å². The number of carbonyl (C=O) groups excluding carboxylic acids is 1. The van der Waals surface area contributed by atoms with Crippen molar-refractivity contribution in [3.05, 3.63) is 27.7 Å². The fourth-order valence-electron chi connectivity index (χ4n) is 2.53. The Kier molecular flexibility index (Phi) is 4.94. The second-order valence-electron chi connectivity index (χ2n) is 5.45. The van der Waals surface area contributed by atoms with Gasteiger partial charge in [0.15, 0.2) is 5.70 Å². The number of nitriles is 1. The van der Waals surface area contributed by atoms with Crippen LogP contribution in [0.15, 0.2) is 5.70 Å². The first-order valence-electron chi connectivity index (χ1n) is 7.54. The van der Waals surface area contributed by atoms with E-state index in [9.17, 15) is 9.90 Å². The third-order valence-corrected chi connectivity index (χ3v) is 4.90. The molecule has 1 aromatic rings. The monoisotopic (exact) mass is 347 g/mol. The van der Waals surface area contributed by atoms with Crippen LogP contribution in [0.3, 0.4) is 0 Å². The number of fused-ring (bicyclic) bond motifs is 1. The number of aliphatic hydroxyl groups excluding tert-OH is 1. The number of rotatable bonds is 6. The summed E-state index contributed by atoms with van der Waals surface area (Å²) in [5.41, 5.74) is 1.60. The van der Waals surface area contributed by atoms with Crippen LogP contribution in [-0.2, 0) is 14.3 Å². The van der Waals surface area contributed by atoms with Crippen LogP contribution in [0.25, 0.3) is 6.08 Å². The number of ether oxygens (including phenoxy) is 2. The molecule has 0 saturated heterocycles. The molecular formula is C16H17N3O4S. The van der Waals surface area contributed by atoms with Crippen LogP contribution in [0.1, 0.15) is 40.9 Å². The van der Waals surface area contributed by atoms with Crippen LogP contribution in [0, 0.1) is 17.8 Å². The molecule has 1 aliphatic heterocycles. The molecule has 2 heterocycles. The Hall–Kier alpha value is -2.21. The lowest BCUT2D eigenvalue weighted by Crippen LogP contribution is -2.29. The normalized spacial score (nSPS) is 20.4. The van der Waals surface area contributed by atoms with Gasteiger partial charge in [0, 0.05) is 13.5 Å². The van der Waals surface area contributed by atoms with Gasteiger partial charge in [-0.05, 0) is 18.9 Å². The van der Waals surface area contributed by atoms with Crippen LogP contribution < -0.4 is 4.98 Å². The van der Waals surface area contributed by atoms with E-state index in [0.29, 0.717) is 17.8 Å². The molecule has 8 heteroatoms. The number of nitrogens with zero attached hydrogens (tertiary/aromatic N) is 3. The highest BCUT2D eigenvalue weighted by molar-refractivity contribution is 7.12. The lowest BCUT2D eigenvalue weighted by Gasteiger charge is -2.19. The fourth-order valence-corrected chi connectivity index (χ4v) is 3.58. The van der Waals surface area contributed by atoms with Gasteiger partial charge in [0.05, 0.1) is 17.6 Å². The number of allylic oxidation sites excluding steroid dienone is 1. The van der Waals surface area contributed by atoms with E-state index in [1.165, 1.54) is 29.4 Å². The summed E-state index contributed by atoms with van der Waals surface area (Å²) in [6.45, 7) is 0.212. The summed E-state index contributed by atoms with van der Waals surface area (Å²) in [6, 6.07) is 2.02. The summed E-state index contributed by atoms with van der Waals surface area (Å²) < 4.78 is 11.8. The van der Waals surface area contributed by atoms with Crippen LogP contribution in [0.5, 0.6) is 0 Å². The number of hydrogen-bond acceptors (Lipinski definition) is 5. The molecule has 1 N–H and O–H groups in total. The fraction of sp³-hybridized carbons (Fsp3) is 0.438. The molecule has 1 aromatic heterocycles. The molecule has 0 fully saturated rings. The average Bonchev–Trinajstić information content (AvgIpc) is 3.16. The van der Waals surface area contributed by atoms with Crippen molar-refractivity contribution in [2.24, 2.45) is 0 Å². The molecule has 1 amide bonds. The van der Waals surface area contributed by atoms with Crippen LogP contribution >= 0.6 is 11.3 Å². The molecule has 2 atom stereocenters. The summed E-state index contributed by atoms with van der Waals surface area (Å²) >= 11 is 1.37. The highest BCUT2D eigenvalue weighted by Gasteiger charge is 2.39. The topological polar surface area (TPSA) is 96.7 Å². The Balaban J connectivity index is 1.77. The molecule has 1 aliphatic carbocycles. The number of methoxy groups -OCH3 is 1. The molecule has 3 rings (SSSR count). The van der Waals surface area contributed by atoms with Crippen molar-refractivity contribution in [3.8, 4) is 6.07 Å². The number of aromatic nitrogens is 1. The Morgan fingerprint density at radius 1 is 1.71 bits per heavy atom.